The van der Waals surface area contributed by atoms with Crippen molar-refractivity contribution in [1.29, 1.82) is 0 Å². The molecule has 0 bridgehead atoms. The quantitative estimate of drug-likeness (QED) is 0.325. The molecule has 2 rings (SSSR count). The number of thioether (sulfide) groups is 1. The normalized spacial score (nSPS) is 15.7. The Hall–Kier alpha value is -1.18. The zero-order chi connectivity index (χ0) is 13.7. The van der Waals surface area contributed by atoms with Crippen LogP contribution in [0.3, 0.4) is 0 Å². The van der Waals surface area contributed by atoms with Crippen LogP contribution in [-0.4, -0.2) is 18.8 Å². The molecule has 1 aromatic carbocycles. The van der Waals surface area contributed by atoms with Crippen molar-refractivity contribution in [1.82, 2.24) is 0 Å². The molecular weight excluding hydrogens is 377 g/mol. The van der Waals surface area contributed by atoms with Gasteiger partial charge >= 0.3 is 123 Å². The Bertz CT molecular complexity index is 570. The Kier molecular flexibility index (Phi) is 5.12. The van der Waals surface area contributed by atoms with Gasteiger partial charge in [-0.05, 0) is 0 Å². The molecular formula is C12H12IN3O2S. The van der Waals surface area contributed by atoms with Gasteiger partial charge in [-0.2, -0.15) is 0 Å². The first kappa shape index (κ1) is 14.2. The van der Waals surface area contributed by atoms with Crippen LogP contribution in [0.5, 0.6) is 0 Å². The molecule has 0 spiro atoms. The van der Waals surface area contributed by atoms with Crippen molar-refractivity contribution < 1.29 is 7.86 Å². The molecule has 0 radical (unpaired) electrons. The van der Waals surface area contributed by atoms with Crippen molar-refractivity contribution in [2.45, 2.75) is 6.42 Å². The summed E-state index contributed by atoms with van der Waals surface area (Å²) in [5.41, 5.74) is 8.97. The van der Waals surface area contributed by atoms with Gasteiger partial charge < -0.3 is 0 Å². The van der Waals surface area contributed by atoms with Crippen LogP contribution in [0, 0.1) is 3.57 Å². The predicted octanol–water partition coefficient (Wildman–Crippen LogP) is 4.35. The van der Waals surface area contributed by atoms with Crippen molar-refractivity contribution in [3.8, 4) is 0 Å². The van der Waals surface area contributed by atoms with Gasteiger partial charge in [-0.1, -0.05) is 0 Å². The second-order valence-corrected chi connectivity index (χ2v) is 8.33. The van der Waals surface area contributed by atoms with Gasteiger partial charge in [-0.25, -0.2) is 0 Å². The molecule has 1 heterocycles. The molecule has 100 valence electrons. The summed E-state index contributed by atoms with van der Waals surface area (Å²) < 4.78 is 8.62. The minimum atomic E-state index is -2.02. The van der Waals surface area contributed by atoms with E-state index < -0.39 is 20.2 Å². The molecule has 1 aliphatic heterocycles. The van der Waals surface area contributed by atoms with E-state index in [1.165, 1.54) is 0 Å². The van der Waals surface area contributed by atoms with E-state index in [0.29, 0.717) is 18.5 Å². The Labute approximate surface area is 123 Å². The molecule has 1 aromatic rings. The van der Waals surface area contributed by atoms with E-state index in [4.69, 9.17) is 8.60 Å². The molecule has 0 unspecified atom stereocenters. The van der Waals surface area contributed by atoms with Crippen LogP contribution in [0.15, 0.2) is 38.4 Å². The molecule has 0 saturated carbocycles. The van der Waals surface area contributed by atoms with Gasteiger partial charge in [0.15, 0.2) is 0 Å². The van der Waals surface area contributed by atoms with Crippen molar-refractivity contribution in [2.24, 2.45) is 5.11 Å². The Balaban J connectivity index is 2.18. The minimum absolute atomic E-state index is 0.215. The molecule has 0 amide bonds. The Morgan fingerprint density at radius 3 is 3.11 bits per heavy atom. The molecule has 0 aliphatic carbocycles. The predicted molar refractivity (Wildman–Crippen MR) is 84.8 cm³/mol. The molecule has 0 aromatic heterocycles. The van der Waals surface area contributed by atoms with E-state index in [-0.39, 0.29) is 5.97 Å². The number of nitrogens with zero attached hydrogens (tertiary/aromatic N) is 3. The number of fused-ring (bicyclic) bond motifs is 1. The van der Waals surface area contributed by atoms with Crippen LogP contribution >= 0.6 is 32.0 Å². The standard InChI is InChI=1S/C12H12IN3O2S/c1-19-9(6-7-15-16-14)8-13-11-5-3-2-4-10(11)12(17)18-13/h2-5,8H,6-7H2,1H3/b9-8-. The van der Waals surface area contributed by atoms with Crippen LogP contribution < -0.4 is 0 Å². The Morgan fingerprint density at radius 2 is 2.37 bits per heavy atom. The van der Waals surface area contributed by atoms with Crippen molar-refractivity contribution in [2.75, 3.05) is 12.8 Å². The second-order valence-electron chi connectivity index (χ2n) is 3.60. The maximum absolute atomic E-state index is 11.7. The van der Waals surface area contributed by atoms with Gasteiger partial charge in [-0.15, -0.1) is 0 Å². The fourth-order valence-corrected chi connectivity index (χ4v) is 7.08. The number of carbonyl (C=O) groups excluding carboxylic acids is 1. The zero-order valence-corrected chi connectivity index (χ0v) is 13.2. The molecule has 0 fully saturated rings. The molecule has 7 heteroatoms. The van der Waals surface area contributed by atoms with Crippen LogP contribution in [0.4, 0.5) is 0 Å². The van der Waals surface area contributed by atoms with E-state index in [2.05, 4.69) is 14.1 Å². The van der Waals surface area contributed by atoms with Crippen molar-refractivity contribution in [3.63, 3.8) is 0 Å². The summed E-state index contributed by atoms with van der Waals surface area (Å²) in [5, 5.41) is 3.53. The van der Waals surface area contributed by atoms with Gasteiger partial charge in [0.05, 0.1) is 0 Å². The summed E-state index contributed by atoms with van der Waals surface area (Å²) in [6.45, 7) is 0.433. The van der Waals surface area contributed by atoms with E-state index in [0.717, 1.165) is 8.48 Å². The number of hydrogen-bond donors (Lipinski definition) is 0. The number of hydrogen-bond acceptors (Lipinski definition) is 4. The summed E-state index contributed by atoms with van der Waals surface area (Å²) in [5.74, 6) is -0.215. The van der Waals surface area contributed by atoms with Crippen molar-refractivity contribution in [3.05, 3.63) is 52.8 Å². The van der Waals surface area contributed by atoms with Crippen LogP contribution in [0.25, 0.3) is 10.4 Å². The van der Waals surface area contributed by atoms with Gasteiger partial charge in [0.1, 0.15) is 0 Å². The number of azide groups is 1. The fourth-order valence-electron chi connectivity index (χ4n) is 1.55. The number of halogens is 1. The third-order valence-corrected chi connectivity index (χ3v) is 8.00. The summed E-state index contributed by atoms with van der Waals surface area (Å²) in [7, 11) is 0. The maximum atomic E-state index is 11.7. The van der Waals surface area contributed by atoms with Crippen LogP contribution in [-0.2, 0) is 3.07 Å². The SMILES string of the molecule is CS/C(=C\I1OC(=O)c2ccccc21)CCN=[N+]=[N-]. The molecule has 1 aliphatic rings. The first-order valence-corrected chi connectivity index (χ1v) is 9.95. The zero-order valence-electron chi connectivity index (χ0n) is 10.2. The monoisotopic (exact) mass is 389 g/mol. The molecule has 19 heavy (non-hydrogen) atoms. The first-order valence-electron chi connectivity index (χ1n) is 5.52. The fraction of sp³-hybridized carbons (Fsp3) is 0.250. The average molecular weight is 389 g/mol. The summed E-state index contributed by atoms with van der Waals surface area (Å²) >= 11 is -0.413. The van der Waals surface area contributed by atoms with E-state index in [1.807, 2.05) is 30.5 Å². The first-order chi connectivity index (χ1) is 9.26. The summed E-state index contributed by atoms with van der Waals surface area (Å²) in [6, 6.07) is 7.55. The van der Waals surface area contributed by atoms with Crippen LogP contribution in [0.2, 0.25) is 0 Å². The van der Waals surface area contributed by atoms with E-state index >= 15 is 0 Å². The topological polar surface area (TPSA) is 75.1 Å². The summed E-state index contributed by atoms with van der Waals surface area (Å²) in [6.07, 6.45) is 2.67. The van der Waals surface area contributed by atoms with E-state index in [1.54, 1.807) is 11.8 Å². The third-order valence-electron chi connectivity index (χ3n) is 2.45. The molecule has 0 saturated heterocycles. The number of carbonyl (C=O) groups is 1. The van der Waals surface area contributed by atoms with Gasteiger partial charge in [0.25, 0.3) is 0 Å². The molecule has 5 nitrogen and oxygen atoms in total. The van der Waals surface area contributed by atoms with Gasteiger partial charge in [0, 0.05) is 0 Å². The van der Waals surface area contributed by atoms with Gasteiger partial charge in [-0.3, -0.25) is 0 Å². The Morgan fingerprint density at radius 1 is 1.58 bits per heavy atom. The number of rotatable bonds is 5. The summed E-state index contributed by atoms with van der Waals surface area (Å²) in [4.78, 5) is 15.6. The molecule has 0 N–H and O–H groups in total. The number of benzene rings is 1. The average Bonchev–Trinajstić information content (AvgIpc) is 2.75. The van der Waals surface area contributed by atoms with E-state index in [9.17, 15) is 4.79 Å². The second kappa shape index (κ2) is 6.83. The third kappa shape index (κ3) is 3.43. The van der Waals surface area contributed by atoms with Crippen LogP contribution in [0.1, 0.15) is 16.8 Å². The van der Waals surface area contributed by atoms with Gasteiger partial charge in [0.2, 0.25) is 0 Å². The molecule has 0 atom stereocenters. The van der Waals surface area contributed by atoms with Crippen molar-refractivity contribution >= 4 is 38.0 Å².